The van der Waals surface area contributed by atoms with Gasteiger partial charge in [-0.25, -0.2) is 9.59 Å². The van der Waals surface area contributed by atoms with Gasteiger partial charge in [0.25, 0.3) is 0 Å². The molecule has 0 radical (unpaired) electrons. The number of ether oxygens (including phenoxy) is 4. The van der Waals surface area contributed by atoms with Gasteiger partial charge in [-0.3, -0.25) is 9.59 Å². The summed E-state index contributed by atoms with van der Waals surface area (Å²) in [6, 6.07) is -1.91. The van der Waals surface area contributed by atoms with Gasteiger partial charge in [0.15, 0.2) is 0 Å². The average Bonchev–Trinajstić information content (AvgIpc) is 2.92. The number of amides is 4. The molecule has 4 amide bonds. The summed E-state index contributed by atoms with van der Waals surface area (Å²) >= 11 is 0. The highest BCUT2D eigenvalue weighted by Crippen LogP contribution is 2.38. The third-order valence-corrected chi connectivity index (χ3v) is 7.15. The van der Waals surface area contributed by atoms with E-state index in [2.05, 4.69) is 21.3 Å². The van der Waals surface area contributed by atoms with Gasteiger partial charge in [-0.1, -0.05) is 13.8 Å². The van der Waals surface area contributed by atoms with Crippen molar-refractivity contribution >= 4 is 24.0 Å². The minimum atomic E-state index is -0.907. The summed E-state index contributed by atoms with van der Waals surface area (Å²) in [6.45, 7) is 18.9. The quantitative estimate of drug-likeness (QED) is 0.192. The maximum atomic E-state index is 13.1. The van der Waals surface area contributed by atoms with Crippen LogP contribution in [0.1, 0.15) is 90.0 Å². The third kappa shape index (κ3) is 13.1. The fraction of sp³-hybridized carbons (Fsp3) is 0.697. The zero-order valence-electron chi connectivity index (χ0n) is 29.3. The molecule has 256 valence electrons. The molecule has 2 atom stereocenters. The first-order valence-corrected chi connectivity index (χ1v) is 15.6. The topological polar surface area (TPSA) is 153 Å². The lowest BCUT2D eigenvalue weighted by Gasteiger charge is -2.27. The van der Waals surface area contributed by atoms with Gasteiger partial charge in [-0.05, 0) is 104 Å². The Hall–Kier alpha value is -3.70. The van der Waals surface area contributed by atoms with Crippen molar-refractivity contribution < 1.29 is 38.1 Å². The fourth-order valence-electron chi connectivity index (χ4n) is 4.89. The van der Waals surface area contributed by atoms with E-state index in [1.54, 1.807) is 48.8 Å². The minimum absolute atomic E-state index is 0.139. The third-order valence-electron chi connectivity index (χ3n) is 7.15. The molecule has 0 saturated heterocycles. The second-order valence-electron chi connectivity index (χ2n) is 12.8. The van der Waals surface area contributed by atoms with E-state index in [4.69, 9.17) is 18.9 Å². The first-order valence-electron chi connectivity index (χ1n) is 15.6. The zero-order valence-corrected chi connectivity index (χ0v) is 29.3. The molecule has 0 aliphatic heterocycles. The first-order chi connectivity index (χ1) is 20.9. The minimum Gasteiger partial charge on any atom is -0.496 e. The number of hydrogen-bond acceptors (Lipinski definition) is 8. The molecule has 0 fully saturated rings. The monoisotopic (exact) mass is 636 g/mol. The molecule has 0 aliphatic carbocycles. The van der Waals surface area contributed by atoms with Gasteiger partial charge in [0.05, 0.1) is 20.8 Å². The van der Waals surface area contributed by atoms with Crippen LogP contribution in [0.15, 0.2) is 0 Å². The Bertz CT molecular complexity index is 1160. The predicted octanol–water partition coefficient (Wildman–Crippen LogP) is 4.63. The molecule has 12 nitrogen and oxygen atoms in total. The standard InChI is InChI=1S/C33H56N4O8/c1-19(2)26(37-32(41)45-33(8,9)10)30(39)36-25(29(38)35-20(3)4)16-13-17-34-31(40)44-18-14-15-24-23(7)27(42-11)21(5)22(6)28(24)43-12/h19-20,25-26H,13-18H2,1-12H3,(H,34,40)(H,35,38)(H,36,39)(H,37,41)/t25-,26-/m0/s1. The zero-order chi connectivity index (χ0) is 34.5. The van der Waals surface area contributed by atoms with E-state index in [0.717, 1.165) is 33.8 Å². The highest BCUT2D eigenvalue weighted by Gasteiger charge is 2.30. The average molecular weight is 637 g/mol. The molecule has 0 unspecified atom stereocenters. The van der Waals surface area contributed by atoms with E-state index in [-0.39, 0.29) is 37.4 Å². The van der Waals surface area contributed by atoms with Gasteiger partial charge in [-0.15, -0.1) is 0 Å². The van der Waals surface area contributed by atoms with Crippen molar-refractivity contribution in [2.24, 2.45) is 5.92 Å². The Labute approximate surface area is 269 Å². The van der Waals surface area contributed by atoms with E-state index in [1.165, 1.54) is 0 Å². The molecule has 0 bridgehead atoms. The molecule has 45 heavy (non-hydrogen) atoms. The number of nitrogens with one attached hydrogen (secondary N) is 4. The van der Waals surface area contributed by atoms with E-state index < -0.39 is 35.8 Å². The first kappa shape index (κ1) is 39.3. The molecule has 0 aromatic heterocycles. The van der Waals surface area contributed by atoms with Crippen molar-refractivity contribution in [3.8, 4) is 11.5 Å². The number of hydrogen-bond donors (Lipinski definition) is 4. The van der Waals surface area contributed by atoms with Gasteiger partial charge in [0, 0.05) is 18.2 Å². The lowest BCUT2D eigenvalue weighted by molar-refractivity contribution is -0.131. The van der Waals surface area contributed by atoms with Gasteiger partial charge in [0.1, 0.15) is 29.2 Å². The molecule has 0 saturated carbocycles. The largest absolute Gasteiger partial charge is 0.496 e. The Morgan fingerprint density at radius 2 is 1.36 bits per heavy atom. The molecule has 0 spiro atoms. The van der Waals surface area contributed by atoms with Crippen LogP contribution >= 0.6 is 0 Å². The Balaban J connectivity index is 2.69. The normalized spacial score (nSPS) is 12.7. The van der Waals surface area contributed by atoms with Crippen molar-refractivity contribution in [2.75, 3.05) is 27.4 Å². The summed E-state index contributed by atoms with van der Waals surface area (Å²) in [4.78, 5) is 50.7. The summed E-state index contributed by atoms with van der Waals surface area (Å²) in [5.74, 6) is 0.538. The van der Waals surface area contributed by atoms with Crippen molar-refractivity contribution in [1.82, 2.24) is 21.3 Å². The second-order valence-corrected chi connectivity index (χ2v) is 12.8. The summed E-state index contributed by atoms with van der Waals surface area (Å²) in [6.07, 6.45) is 0.613. The smallest absolute Gasteiger partial charge is 0.408 e. The molecule has 1 rings (SSSR count). The SMILES string of the molecule is COc1c(C)c(C)c(OC)c(CCCOC(=O)NCCC[C@H](NC(=O)[C@@H](NC(=O)OC(C)(C)C)C(C)C)C(=O)NC(C)C)c1C. The Kier molecular flexibility index (Phi) is 16.0. The van der Waals surface area contributed by atoms with Gasteiger partial charge in [0.2, 0.25) is 11.8 Å². The number of alkyl carbamates (subject to hydrolysis) is 2. The lowest BCUT2D eigenvalue weighted by Crippen LogP contribution is -2.56. The van der Waals surface area contributed by atoms with Crippen LogP contribution in [0.4, 0.5) is 9.59 Å². The number of carbonyl (C=O) groups excluding carboxylic acids is 4. The van der Waals surface area contributed by atoms with Crippen LogP contribution < -0.4 is 30.7 Å². The van der Waals surface area contributed by atoms with E-state index in [1.807, 2.05) is 34.6 Å². The summed E-state index contributed by atoms with van der Waals surface area (Å²) in [5.41, 5.74) is 3.35. The number of benzene rings is 1. The summed E-state index contributed by atoms with van der Waals surface area (Å²) < 4.78 is 21.9. The second kappa shape index (κ2) is 18.3. The fourth-order valence-corrected chi connectivity index (χ4v) is 4.89. The lowest BCUT2D eigenvalue weighted by atomic mass is 9.94. The van der Waals surface area contributed by atoms with Gasteiger partial charge in [-0.2, -0.15) is 0 Å². The summed E-state index contributed by atoms with van der Waals surface area (Å²) in [5, 5.41) is 10.9. The highest BCUT2D eigenvalue weighted by molar-refractivity contribution is 5.91. The van der Waals surface area contributed by atoms with Crippen molar-refractivity contribution in [1.29, 1.82) is 0 Å². The molecule has 1 aromatic carbocycles. The maximum absolute atomic E-state index is 13.1. The molecular formula is C33H56N4O8. The van der Waals surface area contributed by atoms with E-state index in [9.17, 15) is 19.2 Å². The van der Waals surface area contributed by atoms with Crippen LogP contribution in [0.25, 0.3) is 0 Å². The van der Waals surface area contributed by atoms with Crippen molar-refractivity contribution in [3.05, 3.63) is 22.3 Å². The van der Waals surface area contributed by atoms with Gasteiger partial charge < -0.3 is 40.2 Å². The highest BCUT2D eigenvalue weighted by atomic mass is 16.6. The molecule has 12 heteroatoms. The molecule has 1 aromatic rings. The van der Waals surface area contributed by atoms with Gasteiger partial charge >= 0.3 is 12.2 Å². The van der Waals surface area contributed by atoms with E-state index in [0.29, 0.717) is 19.3 Å². The Morgan fingerprint density at radius 1 is 0.756 bits per heavy atom. The predicted molar refractivity (Wildman–Crippen MR) is 174 cm³/mol. The van der Waals surface area contributed by atoms with Crippen LogP contribution in [-0.4, -0.2) is 75.1 Å². The molecule has 4 N–H and O–H groups in total. The molecular weight excluding hydrogens is 580 g/mol. The summed E-state index contributed by atoms with van der Waals surface area (Å²) in [7, 11) is 3.30. The van der Waals surface area contributed by atoms with Crippen LogP contribution in [0, 0.1) is 26.7 Å². The number of methoxy groups -OCH3 is 2. The molecule has 0 heterocycles. The van der Waals surface area contributed by atoms with Crippen LogP contribution in [-0.2, 0) is 25.5 Å². The number of carbonyl (C=O) groups is 4. The Morgan fingerprint density at radius 3 is 1.89 bits per heavy atom. The van der Waals surface area contributed by atoms with Crippen LogP contribution in [0.5, 0.6) is 11.5 Å². The molecule has 0 aliphatic rings. The maximum Gasteiger partial charge on any atom is 0.408 e. The van der Waals surface area contributed by atoms with E-state index >= 15 is 0 Å². The van der Waals surface area contributed by atoms with Crippen molar-refractivity contribution in [3.63, 3.8) is 0 Å². The van der Waals surface area contributed by atoms with Crippen LogP contribution in [0.2, 0.25) is 0 Å². The van der Waals surface area contributed by atoms with Crippen LogP contribution in [0.3, 0.4) is 0 Å². The van der Waals surface area contributed by atoms with Crippen molar-refractivity contribution in [2.45, 2.75) is 119 Å². The number of rotatable bonds is 16.